The number of benzene rings is 4. The molecule has 1 aromatic heterocycles. The summed E-state index contributed by atoms with van der Waals surface area (Å²) in [7, 11) is 0. The summed E-state index contributed by atoms with van der Waals surface area (Å²) in [5, 5.41) is 12.1. The number of hydrogen-bond donors (Lipinski definition) is 0. The van der Waals surface area contributed by atoms with Gasteiger partial charge in [-0.05, 0) is 74.2 Å². The van der Waals surface area contributed by atoms with E-state index in [0.29, 0.717) is 0 Å². The average Bonchev–Trinajstić information content (AvgIpc) is 3.40. The smallest absolute Gasteiger partial charge is 0.0998 e. The number of aromatic nitrogens is 1. The Morgan fingerprint density at radius 3 is 1.95 bits per heavy atom. The third kappa shape index (κ3) is 2.55. The van der Waals surface area contributed by atoms with Crippen molar-refractivity contribution in [3.63, 3.8) is 0 Å². The first-order valence-electron chi connectivity index (χ1n) is 13.9. The van der Waals surface area contributed by atoms with Gasteiger partial charge in [0.25, 0.3) is 0 Å². The second-order valence-electron chi connectivity index (χ2n) is 13.1. The maximum Gasteiger partial charge on any atom is 0.0998 e. The molecule has 2 nitrogen and oxygen atoms in total. The van der Waals surface area contributed by atoms with Crippen LogP contribution in [0.1, 0.15) is 80.6 Å². The summed E-state index contributed by atoms with van der Waals surface area (Å²) in [6.07, 6.45) is 0. The molecule has 0 atom stereocenters. The van der Waals surface area contributed by atoms with Crippen molar-refractivity contribution in [3.8, 4) is 39.6 Å². The number of rotatable bonds is 0. The van der Waals surface area contributed by atoms with Crippen molar-refractivity contribution in [2.45, 2.75) is 57.8 Å². The molecule has 0 saturated heterocycles. The molecule has 0 unspecified atom stereocenters. The van der Waals surface area contributed by atoms with Gasteiger partial charge in [-0.3, -0.25) is 4.98 Å². The second-order valence-corrected chi connectivity index (χ2v) is 13.1. The molecule has 8 rings (SSSR count). The highest BCUT2D eigenvalue weighted by Gasteiger charge is 2.45. The van der Waals surface area contributed by atoms with Gasteiger partial charge in [0.1, 0.15) is 0 Å². The zero-order valence-electron chi connectivity index (χ0n) is 23.3. The van der Waals surface area contributed by atoms with Crippen molar-refractivity contribution >= 4 is 10.8 Å². The summed E-state index contributed by atoms with van der Waals surface area (Å²) in [6.45, 7) is 13.9. The van der Waals surface area contributed by atoms with Crippen LogP contribution in [-0.2, 0) is 16.2 Å². The Hall–Kier alpha value is -4.22. The Balaban J connectivity index is 1.42. The summed E-state index contributed by atoms with van der Waals surface area (Å²) in [4.78, 5) is 5.54. The molecule has 39 heavy (non-hydrogen) atoms. The average molecular weight is 503 g/mol. The van der Waals surface area contributed by atoms with E-state index in [0.717, 1.165) is 27.7 Å². The highest BCUT2D eigenvalue weighted by molar-refractivity contribution is 6.05. The lowest BCUT2D eigenvalue weighted by Gasteiger charge is -2.24. The van der Waals surface area contributed by atoms with Crippen LogP contribution < -0.4 is 0 Å². The zero-order chi connectivity index (χ0) is 27.1. The maximum absolute atomic E-state index is 9.99. The highest BCUT2D eigenvalue weighted by Crippen LogP contribution is 2.58. The minimum Gasteiger partial charge on any atom is -0.251 e. The third-order valence-electron chi connectivity index (χ3n) is 10.0. The minimum atomic E-state index is -0.297. The van der Waals surface area contributed by atoms with Crippen molar-refractivity contribution in [2.24, 2.45) is 0 Å². The van der Waals surface area contributed by atoms with Gasteiger partial charge in [-0.1, -0.05) is 90.1 Å². The molecule has 0 fully saturated rings. The van der Waals surface area contributed by atoms with Gasteiger partial charge < -0.3 is 0 Å². The molecule has 0 bridgehead atoms. The standard InChI is InChI=1S/C37H30N2/c1-35(2)27-14-10-9-12-22(27)24-16-29-25(17-28(24)35)33-31(36(29,3)4)18-26-32-23-13-8-7-11-21(23)20(19-38)15-30(32)37(5,6)34(26)39-33/h7-18H,1-6H3. The van der Waals surface area contributed by atoms with Crippen LogP contribution in [0.2, 0.25) is 0 Å². The summed E-state index contributed by atoms with van der Waals surface area (Å²) in [6, 6.07) is 29.1. The summed E-state index contributed by atoms with van der Waals surface area (Å²) >= 11 is 0. The van der Waals surface area contributed by atoms with Gasteiger partial charge in [0, 0.05) is 32.8 Å². The lowest BCUT2D eigenvalue weighted by Crippen LogP contribution is -2.19. The second kappa shape index (κ2) is 6.85. The first kappa shape index (κ1) is 22.7. The van der Waals surface area contributed by atoms with Crippen LogP contribution in [0.25, 0.3) is 44.3 Å². The number of pyridine rings is 1. The van der Waals surface area contributed by atoms with Gasteiger partial charge in [-0.25, -0.2) is 0 Å². The molecule has 0 radical (unpaired) electrons. The molecule has 0 amide bonds. The molecule has 0 aliphatic heterocycles. The van der Waals surface area contributed by atoms with Crippen molar-refractivity contribution in [1.29, 1.82) is 5.26 Å². The van der Waals surface area contributed by atoms with E-state index >= 15 is 0 Å². The molecule has 0 N–H and O–H groups in total. The summed E-state index contributed by atoms with van der Waals surface area (Å²) in [5.74, 6) is 0. The first-order valence-corrected chi connectivity index (χ1v) is 13.9. The van der Waals surface area contributed by atoms with Crippen LogP contribution in [0.15, 0.2) is 72.8 Å². The molecule has 0 saturated carbocycles. The molecule has 1 heterocycles. The topological polar surface area (TPSA) is 36.7 Å². The van der Waals surface area contributed by atoms with Gasteiger partial charge in [0.2, 0.25) is 0 Å². The molecule has 2 heteroatoms. The number of fused-ring (bicyclic) bond motifs is 11. The largest absolute Gasteiger partial charge is 0.251 e. The Morgan fingerprint density at radius 2 is 1.18 bits per heavy atom. The van der Waals surface area contributed by atoms with Crippen LogP contribution in [0.3, 0.4) is 0 Å². The van der Waals surface area contributed by atoms with E-state index in [-0.39, 0.29) is 16.2 Å². The Bertz CT molecular complexity index is 2000. The van der Waals surface area contributed by atoms with Gasteiger partial charge in [-0.2, -0.15) is 5.26 Å². The predicted molar refractivity (Wildman–Crippen MR) is 159 cm³/mol. The molecular formula is C37H30N2. The minimum absolute atomic E-state index is 0.0489. The van der Waals surface area contributed by atoms with Crippen LogP contribution in [0.4, 0.5) is 0 Å². The molecular weight excluding hydrogens is 472 g/mol. The number of nitriles is 1. The van der Waals surface area contributed by atoms with Crippen molar-refractivity contribution in [2.75, 3.05) is 0 Å². The van der Waals surface area contributed by atoms with Crippen molar-refractivity contribution < 1.29 is 0 Å². The molecule has 3 aliphatic carbocycles. The van der Waals surface area contributed by atoms with Gasteiger partial charge in [-0.15, -0.1) is 0 Å². The van der Waals surface area contributed by atoms with Crippen LogP contribution in [-0.4, -0.2) is 4.98 Å². The van der Waals surface area contributed by atoms with E-state index in [1.807, 2.05) is 6.07 Å². The SMILES string of the molecule is CC1(C)c2ccccc2-c2cc3c(cc21)-c1nc2c(cc1C3(C)C)-c1c(cc(C#N)c3ccccc13)C2(C)C. The van der Waals surface area contributed by atoms with Gasteiger partial charge in [0.05, 0.1) is 23.0 Å². The van der Waals surface area contributed by atoms with Gasteiger partial charge >= 0.3 is 0 Å². The lowest BCUT2D eigenvalue weighted by atomic mass is 9.79. The van der Waals surface area contributed by atoms with Gasteiger partial charge in [0.15, 0.2) is 0 Å². The van der Waals surface area contributed by atoms with E-state index in [1.54, 1.807) is 0 Å². The first-order chi connectivity index (χ1) is 18.6. The van der Waals surface area contributed by atoms with Crippen molar-refractivity contribution in [1.82, 2.24) is 4.98 Å². The maximum atomic E-state index is 9.99. The number of hydrogen-bond acceptors (Lipinski definition) is 2. The van der Waals surface area contributed by atoms with Crippen LogP contribution in [0, 0.1) is 11.3 Å². The molecule has 4 aromatic carbocycles. The quantitative estimate of drug-likeness (QED) is 0.212. The summed E-state index contributed by atoms with van der Waals surface area (Å²) in [5.41, 5.74) is 15.6. The molecule has 3 aliphatic rings. The summed E-state index contributed by atoms with van der Waals surface area (Å²) < 4.78 is 0. The Labute approximate surface area is 230 Å². The van der Waals surface area contributed by atoms with E-state index < -0.39 is 0 Å². The number of nitrogens with zero attached hydrogens (tertiary/aromatic N) is 2. The fourth-order valence-corrected chi connectivity index (χ4v) is 7.85. The van der Waals surface area contributed by atoms with E-state index in [4.69, 9.17) is 4.98 Å². The Kier molecular flexibility index (Phi) is 3.99. The Morgan fingerprint density at radius 1 is 0.564 bits per heavy atom. The third-order valence-corrected chi connectivity index (χ3v) is 10.0. The molecule has 5 aromatic rings. The fraction of sp³-hybridized carbons (Fsp3) is 0.243. The molecule has 188 valence electrons. The lowest BCUT2D eigenvalue weighted by molar-refractivity contribution is 0.631. The van der Waals surface area contributed by atoms with E-state index in [1.165, 1.54) is 55.6 Å². The van der Waals surface area contributed by atoms with Crippen LogP contribution >= 0.6 is 0 Å². The monoisotopic (exact) mass is 502 g/mol. The highest BCUT2D eigenvalue weighted by atomic mass is 14.8. The zero-order valence-corrected chi connectivity index (χ0v) is 23.3. The van der Waals surface area contributed by atoms with Crippen LogP contribution in [0.5, 0.6) is 0 Å². The normalized spacial score (nSPS) is 17.6. The molecule has 0 spiro atoms. The fourth-order valence-electron chi connectivity index (χ4n) is 7.85. The van der Waals surface area contributed by atoms with Crippen molar-refractivity contribution in [3.05, 3.63) is 112 Å². The van der Waals surface area contributed by atoms with E-state index in [2.05, 4.69) is 114 Å². The predicted octanol–water partition coefficient (Wildman–Crippen LogP) is 9.03. The van der Waals surface area contributed by atoms with E-state index in [9.17, 15) is 5.26 Å².